The number of rotatable bonds is 4. The lowest BCUT2D eigenvalue weighted by atomic mass is 9.84. The molecule has 6 nitrogen and oxygen atoms in total. The van der Waals surface area contributed by atoms with Crippen molar-refractivity contribution in [1.29, 1.82) is 0 Å². The van der Waals surface area contributed by atoms with Crippen molar-refractivity contribution >= 4 is 39.8 Å². The van der Waals surface area contributed by atoms with Crippen molar-refractivity contribution in [3.8, 4) is 11.6 Å². The Balaban J connectivity index is 1.51. The predicted molar refractivity (Wildman–Crippen MR) is 125 cm³/mol. The number of thioether (sulfide) groups is 1. The van der Waals surface area contributed by atoms with E-state index in [0.29, 0.717) is 28.8 Å². The Morgan fingerprint density at radius 3 is 2.93 bits per heavy atom. The van der Waals surface area contributed by atoms with Gasteiger partial charge in [0.2, 0.25) is 5.88 Å². The summed E-state index contributed by atoms with van der Waals surface area (Å²) in [5.74, 6) is 1.79. The van der Waals surface area contributed by atoms with Gasteiger partial charge >= 0.3 is 0 Å². The molecule has 30 heavy (non-hydrogen) atoms. The molecule has 2 atom stereocenters. The largest absolute Gasteiger partial charge is 0.488 e. The van der Waals surface area contributed by atoms with E-state index in [1.807, 2.05) is 23.9 Å². The second-order valence-electron chi connectivity index (χ2n) is 8.03. The fourth-order valence-electron chi connectivity index (χ4n) is 4.25. The van der Waals surface area contributed by atoms with Crippen LogP contribution in [0.1, 0.15) is 25.1 Å². The third-order valence-corrected chi connectivity index (χ3v) is 7.52. The Bertz CT molecular complexity index is 1040. The van der Waals surface area contributed by atoms with Crippen LogP contribution in [0.2, 0.25) is 0 Å². The molecule has 1 aromatic heterocycles. The number of anilines is 1. The maximum atomic E-state index is 6.02. The molecule has 1 spiro atoms. The highest BCUT2D eigenvalue weighted by Gasteiger charge is 2.50. The minimum atomic E-state index is -0.615. The van der Waals surface area contributed by atoms with Gasteiger partial charge in [0.05, 0.1) is 18.7 Å². The van der Waals surface area contributed by atoms with E-state index in [2.05, 4.69) is 48.3 Å². The van der Waals surface area contributed by atoms with Crippen LogP contribution in [0, 0.1) is 5.92 Å². The fraction of sp³-hybridized carbons (Fsp3) is 0.409. The molecule has 1 N–H and O–H groups in total. The van der Waals surface area contributed by atoms with E-state index in [9.17, 15) is 0 Å². The smallest absolute Gasteiger partial charge is 0.213 e. The Kier molecular flexibility index (Phi) is 4.86. The number of nitrogens with one attached hydrogen (secondary N) is 1. The molecule has 8 heteroatoms. The number of para-hydroxylation sites is 1. The summed E-state index contributed by atoms with van der Waals surface area (Å²) < 4.78 is 11.4. The van der Waals surface area contributed by atoms with Crippen molar-refractivity contribution in [1.82, 2.24) is 10.3 Å². The number of hydrogen-bond donors (Lipinski definition) is 1. The summed E-state index contributed by atoms with van der Waals surface area (Å²) >= 11 is 7.75. The van der Waals surface area contributed by atoms with Gasteiger partial charge in [0, 0.05) is 35.0 Å². The van der Waals surface area contributed by atoms with Gasteiger partial charge in [0.25, 0.3) is 0 Å². The first kappa shape index (κ1) is 19.6. The number of thiocarbonyl (C=S) groups is 1. The zero-order chi connectivity index (χ0) is 20.9. The summed E-state index contributed by atoms with van der Waals surface area (Å²) in [6.45, 7) is 6.46. The normalized spacial score (nSPS) is 24.4. The first-order valence-corrected chi connectivity index (χ1v) is 11.4. The highest BCUT2D eigenvalue weighted by atomic mass is 32.2. The van der Waals surface area contributed by atoms with Crippen molar-refractivity contribution in [3.63, 3.8) is 0 Å². The number of aromatic nitrogens is 1. The van der Waals surface area contributed by atoms with Crippen molar-refractivity contribution in [2.45, 2.75) is 24.6 Å². The molecule has 0 bridgehead atoms. The SMILES string of the molecule is COc1ccc2c(n1)C1(CO2)NC(=S)N(CC2CN=C(C(C)C)S2)c2ccccc21. The molecule has 2 aromatic rings. The van der Waals surface area contributed by atoms with Gasteiger partial charge in [-0.25, -0.2) is 4.98 Å². The zero-order valence-corrected chi connectivity index (χ0v) is 18.8. The fourth-order valence-corrected chi connectivity index (χ4v) is 5.73. The molecule has 0 saturated carbocycles. The molecule has 1 aromatic carbocycles. The summed E-state index contributed by atoms with van der Waals surface area (Å²) in [7, 11) is 1.62. The molecule has 4 heterocycles. The summed E-state index contributed by atoms with van der Waals surface area (Å²) in [5, 5.41) is 5.88. The molecular formula is C22H24N4O2S2. The summed E-state index contributed by atoms with van der Waals surface area (Å²) in [4.78, 5) is 11.7. The first-order chi connectivity index (χ1) is 14.5. The molecule has 0 aliphatic carbocycles. The number of aliphatic imine (C=N–C) groups is 1. The standard InChI is InChI=1S/C22H24N4O2S2/c1-13(2)20-23-10-14(30-20)11-26-16-7-5-4-6-15(16)22(25-21(26)29)12-28-17-8-9-18(27-3)24-19(17)22/h4-9,13-14H,10-12H2,1-3H3,(H,25,29). The van der Waals surface area contributed by atoms with E-state index in [-0.39, 0.29) is 0 Å². The minimum Gasteiger partial charge on any atom is -0.488 e. The van der Waals surface area contributed by atoms with Crippen LogP contribution in [0.15, 0.2) is 41.4 Å². The Morgan fingerprint density at radius 2 is 2.17 bits per heavy atom. The number of benzene rings is 1. The highest BCUT2D eigenvalue weighted by Crippen LogP contribution is 2.47. The van der Waals surface area contributed by atoms with Gasteiger partial charge in [0.1, 0.15) is 23.6 Å². The van der Waals surface area contributed by atoms with E-state index < -0.39 is 5.54 Å². The number of nitrogens with zero attached hydrogens (tertiary/aromatic N) is 3. The third-order valence-electron chi connectivity index (χ3n) is 5.73. The van der Waals surface area contributed by atoms with Gasteiger partial charge in [-0.3, -0.25) is 4.99 Å². The highest BCUT2D eigenvalue weighted by molar-refractivity contribution is 8.14. The molecule has 3 aliphatic rings. The lowest BCUT2D eigenvalue weighted by Gasteiger charge is -2.43. The quantitative estimate of drug-likeness (QED) is 0.729. The Labute approximate surface area is 186 Å². The molecule has 5 rings (SSSR count). The van der Waals surface area contributed by atoms with Crippen LogP contribution in [0.25, 0.3) is 0 Å². The molecule has 0 amide bonds. The monoisotopic (exact) mass is 440 g/mol. The minimum absolute atomic E-state index is 0.384. The van der Waals surface area contributed by atoms with E-state index in [4.69, 9.17) is 31.7 Å². The van der Waals surface area contributed by atoms with Crippen LogP contribution in [-0.4, -0.2) is 47.2 Å². The lowest BCUT2D eigenvalue weighted by molar-refractivity contribution is 0.277. The van der Waals surface area contributed by atoms with E-state index in [1.54, 1.807) is 7.11 Å². The second kappa shape index (κ2) is 7.42. The average molecular weight is 441 g/mol. The summed E-state index contributed by atoms with van der Waals surface area (Å²) in [6.07, 6.45) is 0. The number of ether oxygens (including phenoxy) is 2. The molecule has 156 valence electrons. The van der Waals surface area contributed by atoms with E-state index >= 15 is 0 Å². The molecule has 2 unspecified atom stereocenters. The maximum absolute atomic E-state index is 6.02. The first-order valence-electron chi connectivity index (χ1n) is 10.1. The van der Waals surface area contributed by atoms with Crippen molar-refractivity contribution in [2.24, 2.45) is 10.9 Å². The number of fused-ring (bicyclic) bond motifs is 4. The van der Waals surface area contributed by atoms with Gasteiger partial charge in [-0.2, -0.15) is 0 Å². The van der Waals surface area contributed by atoms with Gasteiger partial charge < -0.3 is 19.7 Å². The maximum Gasteiger partial charge on any atom is 0.213 e. The number of methoxy groups -OCH3 is 1. The van der Waals surface area contributed by atoms with Gasteiger partial charge in [-0.1, -0.05) is 32.0 Å². The number of hydrogen-bond acceptors (Lipinski definition) is 6. The van der Waals surface area contributed by atoms with Crippen LogP contribution in [0.5, 0.6) is 11.6 Å². The van der Waals surface area contributed by atoms with Crippen LogP contribution in [0.3, 0.4) is 0 Å². The Morgan fingerprint density at radius 1 is 1.33 bits per heavy atom. The predicted octanol–water partition coefficient (Wildman–Crippen LogP) is 3.59. The molecule has 0 fully saturated rings. The lowest BCUT2D eigenvalue weighted by Crippen LogP contribution is -2.59. The van der Waals surface area contributed by atoms with Crippen molar-refractivity contribution < 1.29 is 9.47 Å². The van der Waals surface area contributed by atoms with Crippen LogP contribution < -0.4 is 19.7 Å². The van der Waals surface area contributed by atoms with E-state index in [0.717, 1.165) is 35.8 Å². The van der Waals surface area contributed by atoms with E-state index in [1.165, 1.54) is 5.04 Å². The summed E-state index contributed by atoms with van der Waals surface area (Å²) in [6, 6.07) is 12.1. The Hall–Kier alpha value is -2.32. The van der Waals surface area contributed by atoms with Crippen LogP contribution in [0.4, 0.5) is 5.69 Å². The summed E-state index contributed by atoms with van der Waals surface area (Å²) in [5.41, 5.74) is 2.42. The van der Waals surface area contributed by atoms with Crippen molar-refractivity contribution in [3.05, 3.63) is 47.7 Å². The van der Waals surface area contributed by atoms with Crippen LogP contribution in [-0.2, 0) is 5.54 Å². The zero-order valence-electron chi connectivity index (χ0n) is 17.2. The average Bonchev–Trinajstić information content (AvgIpc) is 3.37. The van der Waals surface area contributed by atoms with Gasteiger partial charge in [-0.15, -0.1) is 11.8 Å². The molecular weight excluding hydrogens is 416 g/mol. The van der Waals surface area contributed by atoms with Crippen LogP contribution >= 0.6 is 24.0 Å². The molecule has 0 saturated heterocycles. The molecule has 3 aliphatic heterocycles. The van der Waals surface area contributed by atoms with Crippen molar-refractivity contribution in [2.75, 3.05) is 31.7 Å². The third kappa shape index (κ3) is 3.04. The second-order valence-corrected chi connectivity index (χ2v) is 9.73. The topological polar surface area (TPSA) is 59.0 Å². The molecule has 0 radical (unpaired) electrons. The number of pyridine rings is 1. The van der Waals surface area contributed by atoms with Gasteiger partial charge in [-0.05, 0) is 24.4 Å². The van der Waals surface area contributed by atoms with Gasteiger partial charge in [0.15, 0.2) is 5.11 Å².